The highest BCUT2D eigenvalue weighted by Crippen LogP contribution is 2.20. The van der Waals surface area contributed by atoms with Crippen molar-refractivity contribution < 1.29 is 0 Å². The number of aromatic nitrogens is 1. The van der Waals surface area contributed by atoms with E-state index in [1.54, 1.807) is 0 Å². The fourth-order valence-corrected chi connectivity index (χ4v) is 2.55. The maximum absolute atomic E-state index is 2.22. The van der Waals surface area contributed by atoms with E-state index in [2.05, 4.69) is 91.3 Å². The summed E-state index contributed by atoms with van der Waals surface area (Å²) in [5, 5.41) is 1.28. The zero-order valence-electron chi connectivity index (χ0n) is 13.6. The minimum absolute atomic E-state index is 1.21. The van der Waals surface area contributed by atoms with Crippen LogP contribution in [0.15, 0.2) is 91.1 Å². The molecule has 1 heterocycles. The maximum Gasteiger partial charge on any atom is 0.0528 e. The van der Waals surface area contributed by atoms with Crippen molar-refractivity contribution in [3.63, 3.8) is 0 Å². The van der Waals surface area contributed by atoms with Crippen LogP contribution in [-0.4, -0.2) is 4.57 Å². The largest absolute Gasteiger partial charge is 0.317 e. The Bertz CT molecular complexity index is 871. The van der Waals surface area contributed by atoms with Crippen molar-refractivity contribution in [3.05, 3.63) is 102 Å². The van der Waals surface area contributed by atoms with Crippen molar-refractivity contribution in [2.75, 3.05) is 0 Å². The summed E-state index contributed by atoms with van der Waals surface area (Å²) < 4.78 is 2.22. The standard InChI is InChI=1S/C15H13N.C7H8/c1-12-6-8-14(9-7-12)16-11-10-13-4-2-3-5-15(13)16;1-7-5-3-2-4-6-7/h2-11H,1H3;2-6H,1H3. The monoisotopic (exact) mass is 299 g/mol. The zero-order chi connectivity index (χ0) is 16.1. The molecule has 0 saturated carbocycles. The lowest BCUT2D eigenvalue weighted by Gasteiger charge is -2.05. The van der Waals surface area contributed by atoms with Crippen LogP contribution in [0, 0.1) is 13.8 Å². The summed E-state index contributed by atoms with van der Waals surface area (Å²) in [6.07, 6.45) is 2.12. The van der Waals surface area contributed by atoms with Gasteiger partial charge in [-0.1, -0.05) is 71.8 Å². The Morgan fingerprint density at radius 3 is 1.83 bits per heavy atom. The molecule has 23 heavy (non-hydrogen) atoms. The van der Waals surface area contributed by atoms with E-state index in [4.69, 9.17) is 0 Å². The topological polar surface area (TPSA) is 4.93 Å². The zero-order valence-corrected chi connectivity index (χ0v) is 13.6. The van der Waals surface area contributed by atoms with E-state index in [0.717, 1.165) is 0 Å². The normalized spacial score (nSPS) is 10.2. The molecule has 0 atom stereocenters. The number of rotatable bonds is 1. The van der Waals surface area contributed by atoms with Crippen LogP contribution >= 0.6 is 0 Å². The number of benzene rings is 3. The Balaban J connectivity index is 0.000000188. The lowest BCUT2D eigenvalue weighted by Crippen LogP contribution is -1.90. The minimum Gasteiger partial charge on any atom is -0.317 e. The predicted molar refractivity (Wildman–Crippen MR) is 99.2 cm³/mol. The van der Waals surface area contributed by atoms with Crippen molar-refractivity contribution in [2.45, 2.75) is 13.8 Å². The van der Waals surface area contributed by atoms with Gasteiger partial charge in [-0.25, -0.2) is 0 Å². The second kappa shape index (κ2) is 6.97. The smallest absolute Gasteiger partial charge is 0.0528 e. The van der Waals surface area contributed by atoms with E-state index in [1.165, 1.54) is 27.7 Å². The molecule has 0 saturated heterocycles. The lowest BCUT2D eigenvalue weighted by molar-refractivity contribution is 1.12. The van der Waals surface area contributed by atoms with Crippen LogP contribution in [-0.2, 0) is 0 Å². The van der Waals surface area contributed by atoms with Gasteiger partial charge in [0.25, 0.3) is 0 Å². The fraction of sp³-hybridized carbons (Fsp3) is 0.0909. The van der Waals surface area contributed by atoms with Crippen LogP contribution < -0.4 is 0 Å². The molecule has 0 aliphatic carbocycles. The number of hydrogen-bond acceptors (Lipinski definition) is 0. The van der Waals surface area contributed by atoms with Crippen LogP contribution in [0.5, 0.6) is 0 Å². The first-order chi connectivity index (χ1) is 11.2. The molecule has 0 unspecified atom stereocenters. The minimum atomic E-state index is 1.21. The van der Waals surface area contributed by atoms with Gasteiger partial charge in [0.1, 0.15) is 0 Å². The first kappa shape index (κ1) is 15.1. The van der Waals surface area contributed by atoms with Gasteiger partial charge in [0.15, 0.2) is 0 Å². The molecule has 1 nitrogen and oxygen atoms in total. The summed E-state index contributed by atoms with van der Waals surface area (Å²) in [4.78, 5) is 0. The van der Waals surface area contributed by atoms with Gasteiger partial charge in [0.05, 0.1) is 5.52 Å². The molecule has 0 N–H and O–H groups in total. The third kappa shape index (κ3) is 3.70. The second-order valence-electron chi connectivity index (χ2n) is 5.73. The Labute approximate surface area is 137 Å². The highest BCUT2D eigenvalue weighted by atomic mass is 15.0. The summed E-state index contributed by atoms with van der Waals surface area (Å²) in [7, 11) is 0. The van der Waals surface area contributed by atoms with Gasteiger partial charge < -0.3 is 4.57 Å². The van der Waals surface area contributed by atoms with Gasteiger partial charge in [0.2, 0.25) is 0 Å². The third-order valence-electron chi connectivity index (χ3n) is 3.85. The Morgan fingerprint density at radius 2 is 1.17 bits per heavy atom. The van der Waals surface area contributed by atoms with Crippen molar-refractivity contribution in [1.82, 2.24) is 4.57 Å². The number of hydrogen-bond donors (Lipinski definition) is 0. The van der Waals surface area contributed by atoms with Crippen molar-refractivity contribution in [2.24, 2.45) is 0 Å². The molecule has 114 valence electrons. The predicted octanol–water partition coefficient (Wildman–Crippen LogP) is 5.93. The molecule has 0 bridgehead atoms. The molecule has 0 aliphatic rings. The molecule has 1 aromatic heterocycles. The van der Waals surface area contributed by atoms with Crippen LogP contribution in [0.3, 0.4) is 0 Å². The number of aryl methyl sites for hydroxylation is 2. The molecule has 0 radical (unpaired) electrons. The molecule has 4 aromatic rings. The molecule has 3 aromatic carbocycles. The first-order valence-corrected chi connectivity index (χ1v) is 7.89. The molecule has 0 amide bonds. The van der Waals surface area contributed by atoms with Gasteiger partial charge in [-0.15, -0.1) is 0 Å². The van der Waals surface area contributed by atoms with E-state index in [0.29, 0.717) is 0 Å². The van der Waals surface area contributed by atoms with Crippen molar-refractivity contribution in [3.8, 4) is 5.69 Å². The SMILES string of the molecule is Cc1ccc(-n2ccc3ccccc32)cc1.Cc1ccccc1. The summed E-state index contributed by atoms with van der Waals surface area (Å²) >= 11 is 0. The average Bonchev–Trinajstić information content (AvgIpc) is 3.01. The van der Waals surface area contributed by atoms with Crippen LogP contribution in [0.25, 0.3) is 16.6 Å². The van der Waals surface area contributed by atoms with Crippen LogP contribution in [0.1, 0.15) is 11.1 Å². The third-order valence-corrected chi connectivity index (χ3v) is 3.85. The van der Waals surface area contributed by atoms with E-state index >= 15 is 0 Å². The molecule has 0 aliphatic heterocycles. The van der Waals surface area contributed by atoms with Gasteiger partial charge >= 0.3 is 0 Å². The van der Waals surface area contributed by atoms with Crippen molar-refractivity contribution >= 4 is 10.9 Å². The molecule has 0 fully saturated rings. The van der Waals surface area contributed by atoms with E-state index in [9.17, 15) is 0 Å². The summed E-state index contributed by atoms with van der Waals surface area (Å²) in [6.45, 7) is 4.19. The number of fused-ring (bicyclic) bond motifs is 1. The molecule has 4 rings (SSSR count). The number of nitrogens with zero attached hydrogens (tertiary/aromatic N) is 1. The van der Waals surface area contributed by atoms with Crippen LogP contribution in [0.2, 0.25) is 0 Å². The molecular weight excluding hydrogens is 278 g/mol. The lowest BCUT2D eigenvalue weighted by atomic mass is 10.2. The Morgan fingerprint density at radius 1 is 0.565 bits per heavy atom. The average molecular weight is 299 g/mol. The van der Waals surface area contributed by atoms with Gasteiger partial charge in [0, 0.05) is 11.9 Å². The summed E-state index contributed by atoms with van der Waals surface area (Å²) in [5.41, 5.74) is 5.08. The molecule has 1 heteroatoms. The summed E-state index contributed by atoms with van der Waals surface area (Å²) in [6, 6.07) is 29.4. The fourth-order valence-electron chi connectivity index (χ4n) is 2.55. The Kier molecular flexibility index (Phi) is 4.58. The van der Waals surface area contributed by atoms with E-state index in [1.807, 2.05) is 18.2 Å². The maximum atomic E-state index is 2.22. The molecular formula is C22H21N. The van der Waals surface area contributed by atoms with E-state index < -0.39 is 0 Å². The quantitative estimate of drug-likeness (QED) is 0.410. The highest BCUT2D eigenvalue weighted by molar-refractivity contribution is 5.81. The molecule has 0 spiro atoms. The van der Waals surface area contributed by atoms with Gasteiger partial charge in [-0.3, -0.25) is 0 Å². The second-order valence-corrected chi connectivity index (χ2v) is 5.73. The van der Waals surface area contributed by atoms with Gasteiger partial charge in [-0.05, 0) is 43.5 Å². The Hall–Kier alpha value is -2.80. The summed E-state index contributed by atoms with van der Waals surface area (Å²) in [5.74, 6) is 0. The highest BCUT2D eigenvalue weighted by Gasteiger charge is 2.01. The van der Waals surface area contributed by atoms with E-state index in [-0.39, 0.29) is 0 Å². The van der Waals surface area contributed by atoms with Crippen molar-refractivity contribution in [1.29, 1.82) is 0 Å². The first-order valence-electron chi connectivity index (χ1n) is 7.89. The van der Waals surface area contributed by atoms with Crippen LogP contribution in [0.4, 0.5) is 0 Å². The number of para-hydroxylation sites is 1. The van der Waals surface area contributed by atoms with Gasteiger partial charge in [-0.2, -0.15) is 0 Å².